The lowest BCUT2D eigenvalue weighted by Gasteiger charge is -2.66. The molecule has 0 radical (unpaired) electrons. The van der Waals surface area contributed by atoms with Crippen LogP contribution in [-0.4, -0.2) is 72.5 Å². The number of hydrogen-bond acceptors (Lipinski definition) is 6. The summed E-state index contributed by atoms with van der Waals surface area (Å²) in [6, 6.07) is 0. The highest BCUT2D eigenvalue weighted by Crippen LogP contribution is 2.70. The molecule has 4 saturated carbocycles. The third kappa shape index (κ3) is 6.74. The molecular formula is C40H78O6Si3. The van der Waals surface area contributed by atoms with Crippen LogP contribution < -0.4 is 0 Å². The molecule has 5 rings (SSSR count). The fraction of sp³-hybridized carbons (Fsp3) is 1.00. The van der Waals surface area contributed by atoms with Gasteiger partial charge in [-0.2, -0.15) is 0 Å². The van der Waals surface area contributed by atoms with Crippen molar-refractivity contribution in [2.24, 2.45) is 34.5 Å². The van der Waals surface area contributed by atoms with Gasteiger partial charge in [0.2, 0.25) is 0 Å². The van der Waals surface area contributed by atoms with E-state index in [-0.39, 0.29) is 74.2 Å². The third-order valence-electron chi connectivity index (χ3n) is 16.1. The molecule has 0 aromatic heterocycles. The van der Waals surface area contributed by atoms with Crippen LogP contribution in [0.15, 0.2) is 0 Å². The second-order valence-corrected chi connectivity index (χ2v) is 37.1. The second kappa shape index (κ2) is 12.2. The number of aliphatic hydroxyl groups is 1. The van der Waals surface area contributed by atoms with Gasteiger partial charge in [0.1, 0.15) is 0 Å². The summed E-state index contributed by atoms with van der Waals surface area (Å²) in [6.45, 7) is 44.5. The van der Waals surface area contributed by atoms with Crippen molar-refractivity contribution in [3.05, 3.63) is 0 Å². The van der Waals surface area contributed by atoms with E-state index in [4.69, 9.17) is 22.8 Å². The highest BCUT2D eigenvalue weighted by atomic mass is 28.4. The standard InChI is InChI=1S/C40H78O6Si3/c1-35(2,3)47(14,15)44-27-22-23-39(12)30-26(41)24-40(13)25(20-21-28(40)45-48(16,17)36(4,5)6)29(30)33-34(43-38(10,11)42-33)31(39)32(27)46-49(18,19)37(7,8)9/h25-34,41H,20-24H2,1-19H3/t25?,26-,27+,28+,29?,30?,31?,32+,33-,34-,39-,40+/m1/s1. The Kier molecular flexibility index (Phi) is 10.1. The Labute approximate surface area is 305 Å². The minimum absolute atomic E-state index is 0.00236. The van der Waals surface area contributed by atoms with E-state index in [9.17, 15) is 5.11 Å². The van der Waals surface area contributed by atoms with E-state index in [1.807, 2.05) is 0 Å². The van der Waals surface area contributed by atoms with Crippen LogP contribution >= 0.6 is 0 Å². The molecule has 0 bridgehead atoms. The maximum atomic E-state index is 12.7. The minimum Gasteiger partial charge on any atom is -0.413 e. The second-order valence-electron chi connectivity index (χ2n) is 22.8. The topological polar surface area (TPSA) is 66.4 Å². The quantitative estimate of drug-likeness (QED) is 0.274. The molecule has 12 atom stereocenters. The molecule has 1 heterocycles. The summed E-state index contributed by atoms with van der Waals surface area (Å²) in [5.74, 6) is 0.104. The summed E-state index contributed by atoms with van der Waals surface area (Å²) in [4.78, 5) is 0. The van der Waals surface area contributed by atoms with Crippen LogP contribution in [0.2, 0.25) is 54.4 Å². The van der Waals surface area contributed by atoms with Gasteiger partial charge < -0.3 is 27.9 Å². The van der Waals surface area contributed by atoms with Crippen molar-refractivity contribution in [2.75, 3.05) is 0 Å². The van der Waals surface area contributed by atoms with Gasteiger partial charge in [-0.1, -0.05) is 76.2 Å². The molecule has 49 heavy (non-hydrogen) atoms. The zero-order chi connectivity index (χ0) is 37.3. The normalized spacial score (nSPS) is 43.1. The average Bonchev–Trinajstić information content (AvgIpc) is 3.37. The van der Waals surface area contributed by atoms with Crippen molar-refractivity contribution >= 4 is 25.0 Å². The molecule has 9 heteroatoms. The van der Waals surface area contributed by atoms with Gasteiger partial charge in [-0.15, -0.1) is 0 Å². The van der Waals surface area contributed by atoms with Gasteiger partial charge in [0, 0.05) is 5.92 Å². The largest absolute Gasteiger partial charge is 0.413 e. The van der Waals surface area contributed by atoms with E-state index < -0.39 is 36.8 Å². The molecule has 4 unspecified atom stereocenters. The van der Waals surface area contributed by atoms with E-state index in [1.165, 1.54) is 0 Å². The molecule has 1 saturated heterocycles. The first-order valence-corrected chi connectivity index (χ1v) is 28.6. The Balaban J connectivity index is 1.60. The molecule has 5 fully saturated rings. The molecule has 4 aliphatic carbocycles. The molecule has 286 valence electrons. The number of rotatable bonds is 6. The van der Waals surface area contributed by atoms with Crippen LogP contribution in [0.3, 0.4) is 0 Å². The van der Waals surface area contributed by atoms with Crippen LogP contribution in [0.25, 0.3) is 0 Å². The Morgan fingerprint density at radius 2 is 1.10 bits per heavy atom. The number of aliphatic hydroxyl groups excluding tert-OH is 1. The molecule has 6 nitrogen and oxygen atoms in total. The van der Waals surface area contributed by atoms with E-state index >= 15 is 0 Å². The first kappa shape index (κ1) is 40.6. The molecule has 0 spiro atoms. The summed E-state index contributed by atoms with van der Waals surface area (Å²) < 4.78 is 36.6. The van der Waals surface area contributed by atoms with Gasteiger partial charge in [-0.25, -0.2) is 0 Å². The maximum absolute atomic E-state index is 12.7. The van der Waals surface area contributed by atoms with Gasteiger partial charge in [0.25, 0.3) is 0 Å². The van der Waals surface area contributed by atoms with Crippen molar-refractivity contribution in [2.45, 2.75) is 219 Å². The summed E-state index contributed by atoms with van der Waals surface area (Å²) >= 11 is 0. The Morgan fingerprint density at radius 3 is 1.63 bits per heavy atom. The first-order valence-electron chi connectivity index (χ1n) is 19.9. The Morgan fingerprint density at radius 1 is 0.612 bits per heavy atom. The number of hydrogen-bond donors (Lipinski definition) is 1. The van der Waals surface area contributed by atoms with E-state index in [0.717, 1.165) is 32.1 Å². The summed E-state index contributed by atoms with van der Waals surface area (Å²) in [6.07, 6.45) is 4.35. The van der Waals surface area contributed by atoms with Crippen LogP contribution in [0.1, 0.15) is 122 Å². The lowest BCUT2D eigenvalue weighted by molar-refractivity contribution is -0.246. The third-order valence-corrected chi connectivity index (χ3v) is 29.6. The van der Waals surface area contributed by atoms with Gasteiger partial charge >= 0.3 is 0 Å². The van der Waals surface area contributed by atoms with Gasteiger partial charge in [-0.3, -0.25) is 0 Å². The van der Waals surface area contributed by atoms with Crippen molar-refractivity contribution < 1.29 is 27.9 Å². The minimum atomic E-state index is -2.22. The summed E-state index contributed by atoms with van der Waals surface area (Å²) in [5, 5.41) is 13.0. The smallest absolute Gasteiger partial charge is 0.192 e. The van der Waals surface area contributed by atoms with E-state index in [0.29, 0.717) is 5.92 Å². The SMILES string of the molecule is CC1(C)O[C@@H]2C3C([C@H](O)C[C@@]4(C)C3CC[C@@H]4O[Si](C)(C)C(C)(C)C)[C@@]3(C)CC[C@H](O[Si](C)(C)C(C)(C)C)[C@H](O[Si](C)(C)C(C)(C)C)C3[C@H]2O1. The molecular weight excluding hydrogens is 661 g/mol. The lowest BCUT2D eigenvalue weighted by atomic mass is 9.42. The van der Waals surface area contributed by atoms with Crippen molar-refractivity contribution in [1.82, 2.24) is 0 Å². The van der Waals surface area contributed by atoms with Gasteiger partial charge in [0.05, 0.1) is 36.6 Å². The summed E-state index contributed by atoms with van der Waals surface area (Å²) in [7, 11) is -6.33. The predicted octanol–water partition coefficient (Wildman–Crippen LogP) is 10.5. The highest BCUT2D eigenvalue weighted by molar-refractivity contribution is 6.75. The first-order chi connectivity index (χ1) is 21.8. The number of ether oxygens (including phenoxy) is 2. The molecule has 1 aliphatic heterocycles. The Bertz CT molecular complexity index is 1230. The summed E-state index contributed by atoms with van der Waals surface area (Å²) in [5.41, 5.74) is -0.269. The lowest BCUT2D eigenvalue weighted by Crippen LogP contribution is -2.71. The predicted molar refractivity (Wildman–Crippen MR) is 209 cm³/mol. The Hall–Kier alpha value is 0.411. The molecule has 1 N–H and O–H groups in total. The van der Waals surface area contributed by atoms with Crippen LogP contribution in [0.4, 0.5) is 0 Å². The number of fused-ring (bicyclic) bond motifs is 8. The van der Waals surface area contributed by atoms with E-state index in [1.54, 1.807) is 0 Å². The van der Waals surface area contributed by atoms with Crippen LogP contribution in [-0.2, 0) is 22.8 Å². The van der Waals surface area contributed by atoms with Gasteiger partial charge in [0.15, 0.2) is 30.7 Å². The maximum Gasteiger partial charge on any atom is 0.192 e. The van der Waals surface area contributed by atoms with Crippen molar-refractivity contribution in [3.63, 3.8) is 0 Å². The zero-order valence-electron chi connectivity index (χ0n) is 35.3. The zero-order valence-corrected chi connectivity index (χ0v) is 38.3. The average molecular weight is 739 g/mol. The van der Waals surface area contributed by atoms with Gasteiger partial charge in [-0.05, 0) is 129 Å². The van der Waals surface area contributed by atoms with Crippen LogP contribution in [0, 0.1) is 34.5 Å². The molecule has 5 aliphatic rings. The highest BCUT2D eigenvalue weighted by Gasteiger charge is 2.73. The molecule has 0 amide bonds. The fourth-order valence-electron chi connectivity index (χ4n) is 10.3. The monoisotopic (exact) mass is 739 g/mol. The molecule has 0 aromatic rings. The van der Waals surface area contributed by atoms with Crippen molar-refractivity contribution in [3.8, 4) is 0 Å². The van der Waals surface area contributed by atoms with Crippen LogP contribution in [0.5, 0.6) is 0 Å². The molecule has 0 aromatic carbocycles. The van der Waals surface area contributed by atoms with Crippen molar-refractivity contribution in [1.29, 1.82) is 0 Å². The van der Waals surface area contributed by atoms with E-state index in [2.05, 4.69) is 129 Å². The fourth-order valence-corrected chi connectivity index (χ4v) is 14.5.